The second-order valence-corrected chi connectivity index (χ2v) is 4.75. The van der Waals surface area contributed by atoms with Crippen LogP contribution < -0.4 is 5.73 Å². The monoisotopic (exact) mass is 247 g/mol. The van der Waals surface area contributed by atoms with Crippen LogP contribution in [-0.2, 0) is 6.54 Å². The summed E-state index contributed by atoms with van der Waals surface area (Å²) >= 11 is 0. The quantitative estimate of drug-likeness (QED) is 0.881. The van der Waals surface area contributed by atoms with Gasteiger partial charge in [0.15, 0.2) is 5.65 Å². The van der Waals surface area contributed by atoms with E-state index in [2.05, 4.69) is 33.4 Å². The fourth-order valence-corrected chi connectivity index (χ4v) is 2.29. The summed E-state index contributed by atoms with van der Waals surface area (Å²) in [6.45, 7) is 7.34. The fourth-order valence-electron chi connectivity index (χ4n) is 2.29. The van der Waals surface area contributed by atoms with Gasteiger partial charge in [0.2, 0.25) is 5.95 Å². The van der Waals surface area contributed by atoms with Crippen LogP contribution in [0.5, 0.6) is 0 Å². The number of aromatic nitrogens is 4. The van der Waals surface area contributed by atoms with Crippen LogP contribution >= 0.6 is 0 Å². The predicted octanol–water partition coefficient (Wildman–Crippen LogP) is 2.54. The van der Waals surface area contributed by atoms with Crippen molar-refractivity contribution in [2.24, 2.45) is 5.92 Å². The first-order valence-corrected chi connectivity index (χ1v) is 6.60. The first-order chi connectivity index (χ1) is 8.65. The standard InChI is InChI=1S/C13H21N5/c1-4-10(5-2)6-7-18-8-15-11-9(3)16-13(14)17-12(11)18/h8,10H,4-7H2,1-3H3,(H2,14,16,17). The van der Waals surface area contributed by atoms with Gasteiger partial charge in [-0.25, -0.2) is 9.97 Å². The van der Waals surface area contributed by atoms with Crippen LogP contribution in [0.2, 0.25) is 0 Å². The maximum Gasteiger partial charge on any atom is 0.222 e. The topological polar surface area (TPSA) is 69.6 Å². The summed E-state index contributed by atoms with van der Waals surface area (Å²) < 4.78 is 2.08. The molecule has 0 aliphatic carbocycles. The second kappa shape index (κ2) is 5.33. The minimum Gasteiger partial charge on any atom is -0.368 e. The van der Waals surface area contributed by atoms with E-state index in [1.54, 1.807) is 0 Å². The number of imidazole rings is 1. The Hall–Kier alpha value is -1.65. The van der Waals surface area contributed by atoms with E-state index < -0.39 is 0 Å². The number of hydrogen-bond acceptors (Lipinski definition) is 4. The number of nitrogens with two attached hydrogens (primary N) is 1. The SMILES string of the molecule is CCC(CC)CCn1cnc2c(C)nc(N)nc21. The molecule has 0 aliphatic rings. The zero-order valence-electron chi connectivity index (χ0n) is 11.3. The zero-order chi connectivity index (χ0) is 13.1. The van der Waals surface area contributed by atoms with Crippen molar-refractivity contribution in [1.82, 2.24) is 19.5 Å². The molecule has 0 unspecified atom stereocenters. The van der Waals surface area contributed by atoms with Crippen molar-refractivity contribution in [3.63, 3.8) is 0 Å². The van der Waals surface area contributed by atoms with E-state index in [4.69, 9.17) is 5.73 Å². The smallest absolute Gasteiger partial charge is 0.222 e. The van der Waals surface area contributed by atoms with Gasteiger partial charge < -0.3 is 10.3 Å². The number of aryl methyl sites for hydroxylation is 2. The third kappa shape index (κ3) is 2.44. The summed E-state index contributed by atoms with van der Waals surface area (Å²) in [6.07, 6.45) is 5.44. The molecule has 2 N–H and O–H groups in total. The highest BCUT2D eigenvalue weighted by atomic mass is 15.1. The highest BCUT2D eigenvalue weighted by Gasteiger charge is 2.10. The maximum absolute atomic E-state index is 5.70. The van der Waals surface area contributed by atoms with E-state index in [0.29, 0.717) is 5.95 Å². The van der Waals surface area contributed by atoms with E-state index in [1.807, 2.05) is 13.3 Å². The predicted molar refractivity (Wildman–Crippen MR) is 73.2 cm³/mol. The average Bonchev–Trinajstić information content (AvgIpc) is 2.74. The first-order valence-electron chi connectivity index (χ1n) is 6.60. The highest BCUT2D eigenvalue weighted by molar-refractivity contribution is 5.74. The normalized spacial score (nSPS) is 11.6. The molecule has 2 heterocycles. The molecule has 5 nitrogen and oxygen atoms in total. The van der Waals surface area contributed by atoms with Crippen LogP contribution in [0.3, 0.4) is 0 Å². The number of rotatable bonds is 5. The molecule has 0 radical (unpaired) electrons. The van der Waals surface area contributed by atoms with Crippen LogP contribution in [0.15, 0.2) is 6.33 Å². The molecule has 2 aromatic rings. The molecule has 18 heavy (non-hydrogen) atoms. The lowest BCUT2D eigenvalue weighted by Gasteiger charge is -2.12. The molecule has 2 aromatic heterocycles. The Morgan fingerprint density at radius 3 is 2.67 bits per heavy atom. The molecule has 0 saturated carbocycles. The van der Waals surface area contributed by atoms with E-state index in [0.717, 1.165) is 35.7 Å². The molecule has 5 heteroatoms. The van der Waals surface area contributed by atoms with Crippen LogP contribution in [0, 0.1) is 12.8 Å². The summed E-state index contributed by atoms with van der Waals surface area (Å²) in [7, 11) is 0. The molecular weight excluding hydrogens is 226 g/mol. The van der Waals surface area contributed by atoms with Gasteiger partial charge in [-0.05, 0) is 19.3 Å². The van der Waals surface area contributed by atoms with Crippen molar-refractivity contribution in [2.45, 2.75) is 46.6 Å². The Bertz CT molecular complexity index is 527. The van der Waals surface area contributed by atoms with Gasteiger partial charge in [0.05, 0.1) is 12.0 Å². The van der Waals surface area contributed by atoms with Crippen LogP contribution in [0.25, 0.3) is 11.2 Å². The van der Waals surface area contributed by atoms with Gasteiger partial charge in [0, 0.05) is 6.54 Å². The Balaban J connectivity index is 2.24. The fraction of sp³-hybridized carbons (Fsp3) is 0.615. The number of hydrogen-bond donors (Lipinski definition) is 1. The number of nitrogen functional groups attached to an aromatic ring is 1. The van der Waals surface area contributed by atoms with Gasteiger partial charge >= 0.3 is 0 Å². The maximum atomic E-state index is 5.70. The van der Waals surface area contributed by atoms with Gasteiger partial charge in [-0.2, -0.15) is 4.98 Å². The molecule has 98 valence electrons. The first kappa shape index (κ1) is 12.8. The van der Waals surface area contributed by atoms with Crippen molar-refractivity contribution in [2.75, 3.05) is 5.73 Å². The molecule has 0 spiro atoms. The van der Waals surface area contributed by atoms with Crippen molar-refractivity contribution >= 4 is 17.1 Å². The Morgan fingerprint density at radius 2 is 2.00 bits per heavy atom. The summed E-state index contributed by atoms with van der Waals surface area (Å²) in [5.74, 6) is 1.09. The average molecular weight is 247 g/mol. The molecule has 2 rings (SSSR count). The van der Waals surface area contributed by atoms with E-state index >= 15 is 0 Å². The Morgan fingerprint density at radius 1 is 1.28 bits per heavy atom. The number of nitrogens with zero attached hydrogens (tertiary/aromatic N) is 4. The van der Waals surface area contributed by atoms with Crippen molar-refractivity contribution < 1.29 is 0 Å². The van der Waals surface area contributed by atoms with E-state index in [-0.39, 0.29) is 0 Å². The van der Waals surface area contributed by atoms with Crippen molar-refractivity contribution in [1.29, 1.82) is 0 Å². The molecule has 0 saturated heterocycles. The number of fused-ring (bicyclic) bond motifs is 1. The van der Waals surface area contributed by atoms with Crippen LogP contribution in [0.4, 0.5) is 5.95 Å². The summed E-state index contributed by atoms with van der Waals surface area (Å²) in [5.41, 5.74) is 8.25. The lowest BCUT2D eigenvalue weighted by Crippen LogP contribution is -2.06. The van der Waals surface area contributed by atoms with Gasteiger partial charge in [0.1, 0.15) is 5.52 Å². The van der Waals surface area contributed by atoms with Crippen LogP contribution in [0.1, 0.15) is 38.8 Å². The van der Waals surface area contributed by atoms with Crippen molar-refractivity contribution in [3.05, 3.63) is 12.0 Å². The van der Waals surface area contributed by atoms with Gasteiger partial charge in [-0.3, -0.25) is 0 Å². The number of anilines is 1. The van der Waals surface area contributed by atoms with Gasteiger partial charge in [0.25, 0.3) is 0 Å². The highest BCUT2D eigenvalue weighted by Crippen LogP contribution is 2.18. The molecule has 0 aliphatic heterocycles. The van der Waals surface area contributed by atoms with Crippen molar-refractivity contribution in [3.8, 4) is 0 Å². The third-order valence-corrected chi connectivity index (χ3v) is 3.59. The molecule has 0 bridgehead atoms. The Kier molecular flexibility index (Phi) is 3.79. The molecular formula is C13H21N5. The minimum absolute atomic E-state index is 0.323. The summed E-state index contributed by atoms with van der Waals surface area (Å²) in [4.78, 5) is 12.8. The van der Waals surface area contributed by atoms with Crippen LogP contribution in [-0.4, -0.2) is 19.5 Å². The van der Waals surface area contributed by atoms with Gasteiger partial charge in [-0.15, -0.1) is 0 Å². The van der Waals surface area contributed by atoms with E-state index in [1.165, 1.54) is 12.8 Å². The largest absolute Gasteiger partial charge is 0.368 e. The lowest BCUT2D eigenvalue weighted by atomic mass is 10.00. The lowest BCUT2D eigenvalue weighted by molar-refractivity contribution is 0.424. The second-order valence-electron chi connectivity index (χ2n) is 4.75. The molecule has 0 fully saturated rings. The van der Waals surface area contributed by atoms with E-state index in [9.17, 15) is 0 Å². The third-order valence-electron chi connectivity index (χ3n) is 3.59. The molecule has 0 aromatic carbocycles. The summed E-state index contributed by atoms with van der Waals surface area (Å²) in [6, 6.07) is 0. The molecule has 0 atom stereocenters. The molecule has 0 amide bonds. The zero-order valence-corrected chi connectivity index (χ0v) is 11.3. The minimum atomic E-state index is 0.323. The Labute approximate surface area is 107 Å². The summed E-state index contributed by atoms with van der Waals surface area (Å²) in [5, 5.41) is 0. The van der Waals surface area contributed by atoms with Gasteiger partial charge in [-0.1, -0.05) is 26.7 Å².